The molecule has 31 heavy (non-hydrogen) atoms. The van der Waals surface area contributed by atoms with E-state index in [0.29, 0.717) is 25.1 Å². The molecule has 1 aliphatic carbocycles. The van der Waals surface area contributed by atoms with Crippen LogP contribution in [0.25, 0.3) is 0 Å². The van der Waals surface area contributed by atoms with Gasteiger partial charge in [0.25, 0.3) is 0 Å². The van der Waals surface area contributed by atoms with Crippen molar-refractivity contribution in [1.82, 2.24) is 4.98 Å². The fourth-order valence-corrected chi connectivity index (χ4v) is 5.51. The molecule has 2 aromatic rings. The molecule has 0 radical (unpaired) electrons. The second-order valence-corrected chi connectivity index (χ2v) is 9.92. The zero-order chi connectivity index (χ0) is 22.4. The number of anilines is 2. The molecule has 10 heteroatoms. The number of hydrogen-bond donors (Lipinski definition) is 2. The Morgan fingerprint density at radius 2 is 2.00 bits per heavy atom. The monoisotopic (exact) mass is 451 g/mol. The van der Waals surface area contributed by atoms with Gasteiger partial charge in [-0.15, -0.1) is 0 Å². The molecule has 1 aromatic carbocycles. The third-order valence-corrected chi connectivity index (χ3v) is 7.49. The molecule has 1 aliphatic rings. The third-order valence-electron chi connectivity index (χ3n) is 5.18. The third kappa shape index (κ3) is 6.14. The van der Waals surface area contributed by atoms with E-state index in [1.165, 1.54) is 31.5 Å². The molecule has 2 amide bonds. The number of halogens is 1. The molecule has 1 aromatic heterocycles. The van der Waals surface area contributed by atoms with Crippen molar-refractivity contribution in [3.63, 3.8) is 0 Å². The van der Waals surface area contributed by atoms with Crippen molar-refractivity contribution >= 4 is 27.2 Å². The van der Waals surface area contributed by atoms with Crippen LogP contribution < -0.4 is 15.4 Å². The molecule has 3 rings (SSSR count). The first kappa shape index (κ1) is 23.0. The first-order valence-electron chi connectivity index (χ1n) is 9.96. The number of hydrogen-bond acceptors (Lipinski definition) is 6. The van der Waals surface area contributed by atoms with Gasteiger partial charge in [0.15, 0.2) is 9.84 Å². The Morgan fingerprint density at radius 1 is 1.23 bits per heavy atom. The van der Waals surface area contributed by atoms with E-state index in [4.69, 9.17) is 9.47 Å². The summed E-state index contributed by atoms with van der Waals surface area (Å²) in [5, 5.41) is 4.59. The average molecular weight is 452 g/mol. The van der Waals surface area contributed by atoms with Crippen molar-refractivity contribution in [2.75, 3.05) is 30.1 Å². The number of urea groups is 1. The molecule has 1 unspecified atom stereocenters. The van der Waals surface area contributed by atoms with Gasteiger partial charge < -0.3 is 20.1 Å². The Kier molecular flexibility index (Phi) is 7.45. The second-order valence-electron chi connectivity index (χ2n) is 7.41. The molecule has 1 saturated carbocycles. The van der Waals surface area contributed by atoms with Crippen molar-refractivity contribution in [3.05, 3.63) is 48.5 Å². The lowest BCUT2D eigenvalue weighted by molar-refractivity contribution is 0.142. The van der Waals surface area contributed by atoms with Crippen LogP contribution in [-0.4, -0.2) is 50.3 Å². The zero-order valence-electron chi connectivity index (χ0n) is 17.4. The molecule has 8 nitrogen and oxygen atoms in total. The van der Waals surface area contributed by atoms with Gasteiger partial charge in [-0.2, -0.15) is 0 Å². The van der Waals surface area contributed by atoms with Crippen LogP contribution in [-0.2, 0) is 14.6 Å². The summed E-state index contributed by atoms with van der Waals surface area (Å²) in [6.45, 7) is 1.93. The summed E-state index contributed by atoms with van der Waals surface area (Å²) in [4.78, 5) is 16.1. The van der Waals surface area contributed by atoms with Crippen LogP contribution in [0.3, 0.4) is 0 Å². The average Bonchev–Trinajstić information content (AvgIpc) is 3.11. The standard InChI is InChI=1S/C21H26FN3O5S/c1-3-31(27,28)20-11-18(7-14(20)13-29-2)30-19-9-15(22)8-17(10-19)25-21(26)24-16-5-4-6-23-12-16/h4-6,8-10,12,14,18,20H,3,7,11,13H2,1-2H3,(H2,24,25,26)/t14-,18+,20?/m0/s1. The number of carbonyl (C=O) groups is 1. The maximum Gasteiger partial charge on any atom is 0.323 e. The van der Waals surface area contributed by atoms with Gasteiger partial charge in [0.1, 0.15) is 17.7 Å². The van der Waals surface area contributed by atoms with E-state index in [0.717, 1.165) is 0 Å². The number of carbonyl (C=O) groups excluding carboxylic acids is 1. The number of nitrogens with one attached hydrogen (secondary N) is 2. The number of benzene rings is 1. The Morgan fingerprint density at radius 3 is 2.68 bits per heavy atom. The summed E-state index contributed by atoms with van der Waals surface area (Å²) in [7, 11) is -1.73. The zero-order valence-corrected chi connectivity index (χ0v) is 18.2. The highest BCUT2D eigenvalue weighted by Gasteiger charge is 2.42. The van der Waals surface area contributed by atoms with Crippen LogP contribution in [0.4, 0.5) is 20.6 Å². The van der Waals surface area contributed by atoms with Crippen LogP contribution >= 0.6 is 0 Å². The predicted octanol–water partition coefficient (Wildman–Crippen LogP) is 3.47. The highest BCUT2D eigenvalue weighted by atomic mass is 32.2. The summed E-state index contributed by atoms with van der Waals surface area (Å²) in [6.07, 6.45) is 3.46. The van der Waals surface area contributed by atoms with Gasteiger partial charge in [-0.1, -0.05) is 6.92 Å². The number of nitrogens with zero attached hydrogens (tertiary/aromatic N) is 1. The van der Waals surface area contributed by atoms with E-state index in [1.807, 2.05) is 0 Å². The first-order valence-corrected chi connectivity index (χ1v) is 11.7. The van der Waals surface area contributed by atoms with Gasteiger partial charge in [0, 0.05) is 49.2 Å². The SMILES string of the molecule is CCS(=O)(=O)C1C[C@H](Oc2cc(F)cc(NC(=O)Nc3cccnc3)c2)C[C@H]1COC. The van der Waals surface area contributed by atoms with Crippen molar-refractivity contribution in [1.29, 1.82) is 0 Å². The van der Waals surface area contributed by atoms with Crippen LogP contribution in [0.5, 0.6) is 5.75 Å². The molecule has 3 atom stereocenters. The van der Waals surface area contributed by atoms with Crippen LogP contribution in [0.1, 0.15) is 19.8 Å². The van der Waals surface area contributed by atoms with E-state index in [-0.39, 0.29) is 23.1 Å². The minimum Gasteiger partial charge on any atom is -0.490 e. The summed E-state index contributed by atoms with van der Waals surface area (Å²) in [5.74, 6) is -0.507. The maximum atomic E-state index is 14.1. The summed E-state index contributed by atoms with van der Waals surface area (Å²) in [6, 6.07) is 6.66. The molecule has 1 fully saturated rings. The quantitative estimate of drug-likeness (QED) is 0.637. The number of pyridine rings is 1. The largest absolute Gasteiger partial charge is 0.490 e. The summed E-state index contributed by atoms with van der Waals surface area (Å²) >= 11 is 0. The van der Waals surface area contributed by atoms with E-state index in [1.54, 1.807) is 25.3 Å². The topological polar surface area (TPSA) is 107 Å². The Labute approximate surface area is 181 Å². The smallest absolute Gasteiger partial charge is 0.323 e. The molecule has 0 aliphatic heterocycles. The van der Waals surface area contributed by atoms with Crippen LogP contribution in [0.15, 0.2) is 42.7 Å². The fraction of sp³-hybridized carbons (Fsp3) is 0.429. The minimum absolute atomic E-state index is 0.0463. The lowest BCUT2D eigenvalue weighted by atomic mass is 10.1. The van der Waals surface area contributed by atoms with Crippen molar-refractivity contribution < 1.29 is 27.1 Å². The molecule has 0 bridgehead atoms. The van der Waals surface area contributed by atoms with Crippen molar-refractivity contribution in [2.45, 2.75) is 31.1 Å². The number of sulfone groups is 1. The minimum atomic E-state index is -3.26. The van der Waals surface area contributed by atoms with Crippen LogP contribution in [0.2, 0.25) is 0 Å². The first-order chi connectivity index (χ1) is 14.8. The molecule has 2 N–H and O–H groups in total. The van der Waals surface area contributed by atoms with Gasteiger partial charge >= 0.3 is 6.03 Å². The molecule has 0 spiro atoms. The number of amides is 2. The van der Waals surface area contributed by atoms with Gasteiger partial charge in [-0.25, -0.2) is 17.6 Å². The molecule has 168 valence electrons. The lowest BCUT2D eigenvalue weighted by Gasteiger charge is -2.17. The number of methoxy groups -OCH3 is 1. The van der Waals surface area contributed by atoms with E-state index >= 15 is 0 Å². The molecule has 0 saturated heterocycles. The van der Waals surface area contributed by atoms with E-state index < -0.39 is 33.0 Å². The summed E-state index contributed by atoms with van der Waals surface area (Å²) < 4.78 is 50.1. The second kappa shape index (κ2) is 10.1. The highest BCUT2D eigenvalue weighted by molar-refractivity contribution is 7.92. The number of rotatable bonds is 8. The van der Waals surface area contributed by atoms with Crippen molar-refractivity contribution in [3.8, 4) is 5.75 Å². The van der Waals surface area contributed by atoms with Gasteiger partial charge in [0.05, 0.1) is 23.7 Å². The van der Waals surface area contributed by atoms with Gasteiger partial charge in [-0.05, 0) is 24.6 Å². The Balaban J connectivity index is 1.68. The summed E-state index contributed by atoms with van der Waals surface area (Å²) in [5.41, 5.74) is 0.701. The van der Waals surface area contributed by atoms with Crippen molar-refractivity contribution in [2.24, 2.45) is 5.92 Å². The van der Waals surface area contributed by atoms with Gasteiger partial charge in [-0.3, -0.25) is 4.98 Å². The highest BCUT2D eigenvalue weighted by Crippen LogP contribution is 2.35. The Bertz CT molecular complexity index is 1000. The van der Waals surface area contributed by atoms with Crippen LogP contribution in [0, 0.1) is 11.7 Å². The lowest BCUT2D eigenvalue weighted by Crippen LogP contribution is -2.29. The van der Waals surface area contributed by atoms with Gasteiger partial charge in [0.2, 0.25) is 0 Å². The Hall–Kier alpha value is -2.72. The van der Waals surface area contributed by atoms with E-state index in [9.17, 15) is 17.6 Å². The fourth-order valence-electron chi connectivity index (χ4n) is 3.80. The maximum absolute atomic E-state index is 14.1. The number of aromatic nitrogens is 1. The normalized spacial score (nSPS) is 20.9. The predicted molar refractivity (Wildman–Crippen MR) is 116 cm³/mol. The molecular formula is C21H26FN3O5S. The molecule has 1 heterocycles. The van der Waals surface area contributed by atoms with E-state index in [2.05, 4.69) is 15.6 Å². The number of ether oxygens (including phenoxy) is 2. The molecular weight excluding hydrogens is 425 g/mol.